The van der Waals surface area contributed by atoms with Gasteiger partial charge in [0, 0.05) is 44.7 Å². The van der Waals surface area contributed by atoms with E-state index in [0.29, 0.717) is 24.7 Å². The summed E-state index contributed by atoms with van der Waals surface area (Å²) < 4.78 is 4.59. The summed E-state index contributed by atoms with van der Waals surface area (Å²) in [6, 6.07) is 4.12. The predicted molar refractivity (Wildman–Crippen MR) is 214 cm³/mol. The van der Waals surface area contributed by atoms with Gasteiger partial charge in [0.05, 0.1) is 52.9 Å². The van der Waals surface area contributed by atoms with Crippen LogP contribution < -0.4 is 26.6 Å². The number of ether oxygens (including phenoxy) is 1. The molecule has 0 bridgehead atoms. The van der Waals surface area contributed by atoms with Crippen LogP contribution in [0.1, 0.15) is 48.0 Å². The summed E-state index contributed by atoms with van der Waals surface area (Å²) in [5, 5.41) is 49.2. The van der Waals surface area contributed by atoms with Crippen LogP contribution in [0.4, 0.5) is 0 Å². The van der Waals surface area contributed by atoms with Crippen LogP contribution in [0.15, 0.2) is 24.3 Å². The summed E-state index contributed by atoms with van der Waals surface area (Å²) in [6.07, 6.45) is 0.234. The Hall–Kier alpha value is -6.53. The monoisotopic (exact) mass is 880 g/mol. The molecule has 0 aliphatic carbocycles. The van der Waals surface area contributed by atoms with Gasteiger partial charge in [-0.05, 0) is 44.7 Å². The van der Waals surface area contributed by atoms with Gasteiger partial charge in [-0.3, -0.25) is 57.9 Å². The number of carbonyl (C=O) groups is 11. The first-order valence-electron chi connectivity index (χ1n) is 19.4. The number of esters is 1. The van der Waals surface area contributed by atoms with E-state index in [4.69, 9.17) is 5.11 Å². The number of carboxylic acids is 4. The van der Waals surface area contributed by atoms with Gasteiger partial charge in [-0.1, -0.05) is 17.7 Å². The third-order valence-electron chi connectivity index (χ3n) is 8.75. The lowest BCUT2D eigenvalue weighted by atomic mass is 10.1. The maximum absolute atomic E-state index is 12.9. The Morgan fingerprint density at radius 3 is 1.85 bits per heavy atom. The van der Waals surface area contributed by atoms with Crippen LogP contribution in [0.3, 0.4) is 0 Å². The number of aldehydes is 1. The number of nitrogens with one attached hydrogen (secondary N) is 5. The van der Waals surface area contributed by atoms with Gasteiger partial charge in [0.25, 0.3) is 5.91 Å². The lowest BCUT2D eigenvalue weighted by molar-refractivity contribution is -0.143. The summed E-state index contributed by atoms with van der Waals surface area (Å²) >= 11 is 0. The number of hydrogen-bond acceptors (Lipinski definition) is 15. The molecule has 2 atom stereocenters. The second-order valence-electron chi connectivity index (χ2n) is 13.9. The van der Waals surface area contributed by atoms with Gasteiger partial charge in [-0.15, -0.1) is 0 Å². The molecule has 0 fully saturated rings. The fourth-order valence-corrected chi connectivity index (χ4v) is 5.60. The fourth-order valence-electron chi connectivity index (χ4n) is 5.60. The number of hydrogen-bond donors (Lipinski definition) is 9. The molecule has 0 aliphatic rings. The number of carboxylic acid groups (broad SMARTS) is 4. The van der Waals surface area contributed by atoms with Crippen molar-refractivity contribution in [2.45, 2.75) is 51.1 Å². The van der Waals surface area contributed by atoms with Crippen molar-refractivity contribution in [2.75, 3.05) is 85.6 Å². The lowest BCUT2D eigenvalue weighted by Crippen LogP contribution is -2.52. The van der Waals surface area contributed by atoms with Crippen molar-refractivity contribution in [3.05, 3.63) is 35.4 Å². The van der Waals surface area contributed by atoms with Gasteiger partial charge in [0.1, 0.15) is 18.4 Å². The normalized spacial score (nSPS) is 11.8. The van der Waals surface area contributed by atoms with Gasteiger partial charge in [0.2, 0.25) is 23.6 Å². The maximum Gasteiger partial charge on any atom is 0.326 e. The molecule has 9 N–H and O–H groups in total. The van der Waals surface area contributed by atoms with Crippen LogP contribution in [-0.2, 0) is 52.7 Å². The molecule has 0 aromatic heterocycles. The highest BCUT2D eigenvalue weighted by Crippen LogP contribution is 2.06. The fraction of sp³-hybridized carbons (Fsp3) is 0.553. The first kappa shape index (κ1) is 53.5. The quantitative estimate of drug-likeness (QED) is 0.0188. The minimum atomic E-state index is -1.51. The topological polar surface area (TPSA) is 348 Å². The molecule has 344 valence electrons. The predicted octanol–water partition coefficient (Wildman–Crippen LogP) is -3.51. The third-order valence-corrected chi connectivity index (χ3v) is 8.75. The summed E-state index contributed by atoms with van der Waals surface area (Å²) in [5.74, 6) is -9.82. The summed E-state index contributed by atoms with van der Waals surface area (Å²) in [7, 11) is 1.16. The number of carbonyl (C=O) groups excluding carboxylic acids is 7. The van der Waals surface area contributed by atoms with E-state index < -0.39 is 111 Å². The van der Waals surface area contributed by atoms with Crippen molar-refractivity contribution in [1.29, 1.82) is 0 Å². The molecule has 1 rings (SSSR count). The van der Waals surface area contributed by atoms with Crippen molar-refractivity contribution >= 4 is 65.7 Å². The van der Waals surface area contributed by atoms with E-state index in [1.165, 1.54) is 9.80 Å². The summed E-state index contributed by atoms with van der Waals surface area (Å²) in [5.41, 5.74) is 1.38. The molecule has 1 aromatic carbocycles. The van der Waals surface area contributed by atoms with Gasteiger partial charge in [0.15, 0.2) is 0 Å². The van der Waals surface area contributed by atoms with E-state index in [1.54, 1.807) is 18.2 Å². The number of amides is 5. The Bertz CT molecular complexity index is 1730. The molecule has 0 aliphatic heterocycles. The van der Waals surface area contributed by atoms with Crippen molar-refractivity contribution in [3.63, 3.8) is 0 Å². The Labute approximate surface area is 356 Å². The second kappa shape index (κ2) is 29.7. The van der Waals surface area contributed by atoms with E-state index in [-0.39, 0.29) is 58.1 Å². The average molecular weight is 881 g/mol. The first-order chi connectivity index (χ1) is 29.3. The van der Waals surface area contributed by atoms with Crippen LogP contribution in [0, 0.1) is 6.92 Å². The highest BCUT2D eigenvalue weighted by molar-refractivity contribution is 5.94. The highest BCUT2D eigenvalue weighted by atomic mass is 16.5. The Morgan fingerprint density at radius 2 is 1.27 bits per heavy atom. The van der Waals surface area contributed by atoms with Gasteiger partial charge >= 0.3 is 29.8 Å². The Morgan fingerprint density at radius 1 is 0.677 bits per heavy atom. The molecule has 24 heteroatoms. The first-order valence-corrected chi connectivity index (χ1v) is 19.4. The number of methoxy groups -OCH3 is 1. The van der Waals surface area contributed by atoms with Gasteiger partial charge in [-0.25, -0.2) is 4.79 Å². The minimum absolute atomic E-state index is 0.00237. The molecule has 62 heavy (non-hydrogen) atoms. The van der Waals surface area contributed by atoms with Crippen molar-refractivity contribution in [3.8, 4) is 0 Å². The molecule has 0 spiro atoms. The van der Waals surface area contributed by atoms with Crippen molar-refractivity contribution in [1.82, 2.24) is 41.3 Å². The van der Waals surface area contributed by atoms with E-state index in [1.807, 2.05) is 13.0 Å². The van der Waals surface area contributed by atoms with E-state index in [9.17, 15) is 68.1 Å². The molecular weight excluding hydrogens is 824 g/mol. The van der Waals surface area contributed by atoms with E-state index in [2.05, 4.69) is 31.3 Å². The van der Waals surface area contributed by atoms with Crippen molar-refractivity contribution in [2.24, 2.45) is 0 Å². The van der Waals surface area contributed by atoms with Gasteiger partial charge in [-0.2, -0.15) is 0 Å². The zero-order chi connectivity index (χ0) is 46.6. The Kier molecular flexibility index (Phi) is 25.6. The number of rotatable bonds is 33. The molecular formula is C38H56N8O16. The number of unbranched alkanes of at least 4 members (excludes halogenated alkanes) is 1. The summed E-state index contributed by atoms with van der Waals surface area (Å²) in [4.78, 5) is 136. The SMILES string of the molecule is COC(=O)CN(CC=O)CCN(CCN(CC(=O)O)CC(=O)NCC(=O)N[C@H](CCC(=O)O)C(=O)NCC(=O)NC(CCCCNC(=O)c1cccc(C)c1)C(=O)O)CC(=O)O. The van der Waals surface area contributed by atoms with Crippen LogP contribution in [0.25, 0.3) is 0 Å². The highest BCUT2D eigenvalue weighted by Gasteiger charge is 2.25. The molecule has 24 nitrogen and oxygen atoms in total. The average Bonchev–Trinajstić information content (AvgIpc) is 3.20. The number of nitrogens with zero attached hydrogens (tertiary/aromatic N) is 3. The Balaban J connectivity index is 2.71. The second-order valence-corrected chi connectivity index (χ2v) is 13.9. The van der Waals surface area contributed by atoms with Crippen LogP contribution in [-0.4, -0.2) is 199 Å². The minimum Gasteiger partial charge on any atom is -0.481 e. The standard InChI is InChI=1S/C38H56N8O16/c1-25-6-5-7-26(18-25)36(58)39-11-4-3-8-28(38(60)61)43-30(49)20-41-37(59)27(9-10-32(51)52)42-29(48)19-40-31(50)21-46(23-34(55)56)15-14-44(22-33(53)54)12-13-45(16-17-47)24-35(57)62-2/h5-7,17-18,27-28H,3-4,8-16,19-24H2,1-2H3,(H,39,58)(H,40,50)(H,41,59)(H,42,48)(H,43,49)(H,51,52)(H,53,54)(H,55,56)(H,60,61)/t27-,28?/m1/s1. The number of aliphatic carboxylic acids is 4. The zero-order valence-corrected chi connectivity index (χ0v) is 34.6. The summed E-state index contributed by atoms with van der Waals surface area (Å²) in [6.45, 7) is -1.60. The van der Waals surface area contributed by atoms with Crippen LogP contribution in [0.5, 0.6) is 0 Å². The van der Waals surface area contributed by atoms with Gasteiger partial charge < -0.3 is 56.5 Å². The van der Waals surface area contributed by atoms with E-state index >= 15 is 0 Å². The third kappa shape index (κ3) is 24.5. The molecule has 1 aromatic rings. The molecule has 0 saturated heterocycles. The molecule has 5 amide bonds. The lowest BCUT2D eigenvalue weighted by Gasteiger charge is -2.27. The van der Waals surface area contributed by atoms with E-state index in [0.717, 1.165) is 17.6 Å². The van der Waals surface area contributed by atoms with Crippen molar-refractivity contribution < 1.29 is 77.9 Å². The van der Waals surface area contributed by atoms with Crippen LogP contribution >= 0.6 is 0 Å². The largest absolute Gasteiger partial charge is 0.481 e. The number of benzene rings is 1. The molecule has 0 radical (unpaired) electrons. The smallest absolute Gasteiger partial charge is 0.326 e. The molecule has 1 unspecified atom stereocenters. The maximum atomic E-state index is 12.9. The molecule has 0 heterocycles. The molecule has 0 saturated carbocycles. The zero-order valence-electron chi connectivity index (χ0n) is 34.6. The number of aryl methyl sites for hydroxylation is 1. The van der Waals surface area contributed by atoms with Crippen LogP contribution in [0.2, 0.25) is 0 Å².